The number of hydrogen-bond acceptors (Lipinski definition) is 2. The minimum atomic E-state index is -4.55. The number of likely N-dealkylation sites (tertiary alicyclic amines) is 1. The SMILES string of the molecule is NC[C@@H]1CN(Cc2cc(F)cc(C(F)(F)F)c2)C[C@H]1c1ccccc1. The van der Waals surface area contributed by atoms with Crippen LogP contribution >= 0.6 is 0 Å². The fourth-order valence-electron chi connectivity index (χ4n) is 3.57. The Morgan fingerprint density at radius 1 is 1.04 bits per heavy atom. The molecule has 2 N–H and O–H groups in total. The largest absolute Gasteiger partial charge is 0.416 e. The summed E-state index contributed by atoms with van der Waals surface area (Å²) in [6.07, 6.45) is -4.55. The Balaban J connectivity index is 1.77. The molecule has 0 radical (unpaired) electrons. The molecule has 2 nitrogen and oxygen atoms in total. The van der Waals surface area contributed by atoms with Gasteiger partial charge in [-0.05, 0) is 41.8 Å². The second-order valence-electron chi connectivity index (χ2n) is 6.55. The van der Waals surface area contributed by atoms with Crippen LogP contribution in [0, 0.1) is 11.7 Å². The van der Waals surface area contributed by atoms with Crippen LogP contribution in [0.25, 0.3) is 0 Å². The van der Waals surface area contributed by atoms with Crippen LogP contribution in [0.5, 0.6) is 0 Å². The highest BCUT2D eigenvalue weighted by Gasteiger charge is 2.34. The molecule has 1 fully saturated rings. The highest BCUT2D eigenvalue weighted by Crippen LogP contribution is 2.34. The minimum absolute atomic E-state index is 0.234. The van der Waals surface area contributed by atoms with Gasteiger partial charge < -0.3 is 5.73 Å². The molecule has 6 heteroatoms. The smallest absolute Gasteiger partial charge is 0.330 e. The van der Waals surface area contributed by atoms with Crippen LogP contribution in [0.2, 0.25) is 0 Å². The Hall–Kier alpha value is -1.92. The second kappa shape index (κ2) is 7.14. The lowest BCUT2D eigenvalue weighted by molar-refractivity contribution is -0.137. The molecule has 2 aromatic rings. The lowest BCUT2D eigenvalue weighted by Crippen LogP contribution is -2.23. The van der Waals surface area contributed by atoms with Crippen molar-refractivity contribution >= 4 is 0 Å². The molecule has 0 amide bonds. The summed E-state index contributed by atoms with van der Waals surface area (Å²) in [6, 6.07) is 12.7. The van der Waals surface area contributed by atoms with Crippen molar-refractivity contribution in [2.75, 3.05) is 19.6 Å². The molecule has 3 rings (SSSR count). The lowest BCUT2D eigenvalue weighted by atomic mass is 9.89. The van der Waals surface area contributed by atoms with Crippen LogP contribution in [0.4, 0.5) is 17.6 Å². The van der Waals surface area contributed by atoms with E-state index in [-0.39, 0.29) is 18.4 Å². The van der Waals surface area contributed by atoms with Gasteiger partial charge in [-0.2, -0.15) is 13.2 Å². The summed E-state index contributed by atoms with van der Waals surface area (Å²) >= 11 is 0. The van der Waals surface area contributed by atoms with Crippen molar-refractivity contribution in [1.29, 1.82) is 0 Å². The van der Waals surface area contributed by atoms with Crippen molar-refractivity contribution in [1.82, 2.24) is 4.90 Å². The zero-order valence-electron chi connectivity index (χ0n) is 13.6. The third kappa shape index (κ3) is 4.19. The molecule has 0 spiro atoms. The van der Waals surface area contributed by atoms with Gasteiger partial charge >= 0.3 is 6.18 Å². The zero-order chi connectivity index (χ0) is 18.0. The van der Waals surface area contributed by atoms with Gasteiger partial charge in [0.05, 0.1) is 5.56 Å². The molecular weight excluding hydrogens is 332 g/mol. The molecular formula is C19H20F4N2. The summed E-state index contributed by atoms with van der Waals surface area (Å²) in [5, 5.41) is 0. The van der Waals surface area contributed by atoms with Gasteiger partial charge in [-0.3, -0.25) is 4.90 Å². The van der Waals surface area contributed by atoms with Crippen molar-refractivity contribution in [2.45, 2.75) is 18.6 Å². The Labute approximate surface area is 144 Å². The van der Waals surface area contributed by atoms with Gasteiger partial charge in [-0.25, -0.2) is 4.39 Å². The van der Waals surface area contributed by atoms with E-state index in [0.29, 0.717) is 31.3 Å². The molecule has 2 aromatic carbocycles. The van der Waals surface area contributed by atoms with E-state index < -0.39 is 17.6 Å². The van der Waals surface area contributed by atoms with E-state index in [1.54, 1.807) is 0 Å². The van der Waals surface area contributed by atoms with Gasteiger partial charge in [0.15, 0.2) is 0 Å². The average Bonchev–Trinajstić information content (AvgIpc) is 2.97. The Morgan fingerprint density at radius 3 is 2.40 bits per heavy atom. The topological polar surface area (TPSA) is 29.3 Å². The Bertz CT molecular complexity index is 715. The molecule has 134 valence electrons. The number of halogens is 4. The standard InChI is InChI=1S/C19H20F4N2/c20-17-7-13(6-16(8-17)19(21,22)23)10-25-11-15(9-24)18(12-25)14-4-2-1-3-5-14/h1-8,15,18H,9-12,24H2/t15-,18+/m1/s1. The number of hydrogen-bond donors (Lipinski definition) is 1. The molecule has 0 aromatic heterocycles. The number of rotatable bonds is 4. The number of nitrogens with two attached hydrogens (primary N) is 1. The first-order valence-electron chi connectivity index (χ1n) is 8.21. The number of alkyl halides is 3. The van der Waals surface area contributed by atoms with Gasteiger partial charge in [-0.15, -0.1) is 0 Å². The molecule has 25 heavy (non-hydrogen) atoms. The fourth-order valence-corrected chi connectivity index (χ4v) is 3.57. The quantitative estimate of drug-likeness (QED) is 0.842. The number of benzene rings is 2. The van der Waals surface area contributed by atoms with Crippen molar-refractivity contribution in [3.05, 3.63) is 71.0 Å². The van der Waals surface area contributed by atoms with Gasteiger partial charge in [0.1, 0.15) is 5.82 Å². The van der Waals surface area contributed by atoms with Gasteiger partial charge in [0.2, 0.25) is 0 Å². The van der Waals surface area contributed by atoms with Crippen molar-refractivity contribution in [2.24, 2.45) is 11.7 Å². The van der Waals surface area contributed by atoms with Gasteiger partial charge in [0, 0.05) is 25.6 Å². The maximum atomic E-state index is 13.6. The number of nitrogens with zero attached hydrogens (tertiary/aromatic N) is 1. The van der Waals surface area contributed by atoms with Crippen molar-refractivity contribution in [3.63, 3.8) is 0 Å². The highest BCUT2D eigenvalue weighted by molar-refractivity contribution is 5.28. The lowest BCUT2D eigenvalue weighted by Gasteiger charge is -2.17. The molecule has 1 heterocycles. The monoisotopic (exact) mass is 352 g/mol. The molecule has 0 saturated carbocycles. The first-order valence-corrected chi connectivity index (χ1v) is 8.21. The molecule has 0 unspecified atom stereocenters. The van der Waals surface area contributed by atoms with Crippen LogP contribution < -0.4 is 5.73 Å². The summed E-state index contributed by atoms with van der Waals surface area (Å²) < 4.78 is 52.2. The molecule has 1 aliphatic heterocycles. The van der Waals surface area contributed by atoms with E-state index in [0.717, 1.165) is 6.07 Å². The van der Waals surface area contributed by atoms with E-state index >= 15 is 0 Å². The fraction of sp³-hybridized carbons (Fsp3) is 0.368. The van der Waals surface area contributed by atoms with Crippen LogP contribution in [0.15, 0.2) is 48.5 Å². The summed E-state index contributed by atoms with van der Waals surface area (Å²) in [7, 11) is 0. The van der Waals surface area contributed by atoms with E-state index in [1.165, 1.54) is 11.6 Å². The summed E-state index contributed by atoms with van der Waals surface area (Å²) in [5.74, 6) is -0.390. The van der Waals surface area contributed by atoms with Crippen LogP contribution in [-0.2, 0) is 12.7 Å². The van der Waals surface area contributed by atoms with Gasteiger partial charge in [0.25, 0.3) is 0 Å². The molecule has 2 atom stereocenters. The summed E-state index contributed by atoms with van der Waals surface area (Å²) in [6.45, 7) is 2.17. The zero-order valence-corrected chi connectivity index (χ0v) is 13.6. The summed E-state index contributed by atoms with van der Waals surface area (Å²) in [4.78, 5) is 2.05. The maximum absolute atomic E-state index is 13.6. The van der Waals surface area contributed by atoms with E-state index in [1.807, 2.05) is 35.2 Å². The first kappa shape index (κ1) is 17.9. The molecule has 0 bridgehead atoms. The maximum Gasteiger partial charge on any atom is 0.416 e. The van der Waals surface area contributed by atoms with E-state index in [2.05, 4.69) is 0 Å². The van der Waals surface area contributed by atoms with Crippen molar-refractivity contribution in [3.8, 4) is 0 Å². The van der Waals surface area contributed by atoms with Crippen LogP contribution in [0.1, 0.15) is 22.6 Å². The highest BCUT2D eigenvalue weighted by atomic mass is 19.4. The predicted octanol–water partition coefficient (Wildman–Crippen LogP) is 4.02. The van der Waals surface area contributed by atoms with E-state index in [9.17, 15) is 17.6 Å². The van der Waals surface area contributed by atoms with Crippen LogP contribution in [0.3, 0.4) is 0 Å². The average molecular weight is 352 g/mol. The van der Waals surface area contributed by atoms with E-state index in [4.69, 9.17) is 5.73 Å². The first-order chi connectivity index (χ1) is 11.9. The summed E-state index contributed by atoms with van der Waals surface area (Å²) in [5.41, 5.74) is 6.45. The van der Waals surface area contributed by atoms with Crippen LogP contribution in [-0.4, -0.2) is 24.5 Å². The third-order valence-electron chi connectivity index (χ3n) is 4.74. The second-order valence-corrected chi connectivity index (χ2v) is 6.55. The van der Waals surface area contributed by atoms with Gasteiger partial charge in [-0.1, -0.05) is 30.3 Å². The van der Waals surface area contributed by atoms with Crippen molar-refractivity contribution < 1.29 is 17.6 Å². The molecule has 0 aliphatic carbocycles. The Morgan fingerprint density at radius 2 is 1.76 bits per heavy atom. The molecule has 1 saturated heterocycles. The third-order valence-corrected chi connectivity index (χ3v) is 4.74. The normalized spacial score (nSPS) is 21.6. The minimum Gasteiger partial charge on any atom is -0.330 e. The molecule has 1 aliphatic rings. The predicted molar refractivity (Wildman–Crippen MR) is 88.4 cm³/mol. The Kier molecular flexibility index (Phi) is 5.11.